The monoisotopic (exact) mass is 1490 g/mol. The molecule has 12 aromatic rings. The average molecular weight is 1490 g/mol. The number of carbonyl (C=O) groups is 3. The third-order valence-electron chi connectivity index (χ3n) is 15.5. The minimum absolute atomic E-state index is 0. The van der Waals surface area contributed by atoms with Gasteiger partial charge in [-0.1, -0.05) is 390 Å². The molecular formula is C90H74O4P2Pd2. The third kappa shape index (κ3) is 22.1. The van der Waals surface area contributed by atoms with Crippen molar-refractivity contribution in [1.29, 1.82) is 0 Å². The van der Waals surface area contributed by atoms with Crippen molar-refractivity contribution in [3.05, 3.63) is 421 Å². The molecule has 8 heteroatoms. The van der Waals surface area contributed by atoms with Crippen LogP contribution in [0.1, 0.15) is 58.4 Å². The molecule has 0 atom stereocenters. The van der Waals surface area contributed by atoms with Gasteiger partial charge in [0.1, 0.15) is 11.5 Å². The van der Waals surface area contributed by atoms with E-state index in [0.717, 1.165) is 44.9 Å². The van der Waals surface area contributed by atoms with Gasteiger partial charge in [0.25, 0.3) is 0 Å². The van der Waals surface area contributed by atoms with Crippen LogP contribution in [0.2, 0.25) is 0 Å². The Hall–Kier alpha value is -9.93. The smallest absolute Gasteiger partial charge is 0.178 e. The summed E-state index contributed by atoms with van der Waals surface area (Å²) >= 11 is 0. The molecule has 1 heterocycles. The van der Waals surface area contributed by atoms with Crippen molar-refractivity contribution < 1.29 is 60.0 Å². The fraction of sp³-hybridized carbons (Fsp3) is 0.0333. The zero-order valence-corrected chi connectivity index (χ0v) is 59.3. The van der Waals surface area contributed by atoms with E-state index in [4.69, 9.17) is 4.74 Å². The summed E-state index contributed by atoms with van der Waals surface area (Å²) in [7, 11) is -1.65. The Kier molecular flexibility index (Phi) is 29.6. The van der Waals surface area contributed by atoms with Crippen LogP contribution < -0.4 is 36.6 Å². The number of benzene rings is 12. The Morgan fingerprint density at radius 1 is 0.255 bits per heavy atom. The number of hydrogen-bond acceptors (Lipinski definition) is 4. The van der Waals surface area contributed by atoms with Gasteiger partial charge in [0.05, 0.1) is 0 Å². The second-order valence-corrected chi connectivity index (χ2v) is 27.1. The summed E-state index contributed by atoms with van der Waals surface area (Å²) in [5.41, 5.74) is 8.42. The van der Waals surface area contributed by atoms with Crippen molar-refractivity contribution in [2.75, 3.05) is 0 Å². The van der Waals surface area contributed by atoms with Crippen LogP contribution in [0.15, 0.2) is 376 Å². The number of allylic oxidation sites excluding steroid dienone is 6. The van der Waals surface area contributed by atoms with Crippen LogP contribution >= 0.6 is 15.8 Å². The Labute approximate surface area is 608 Å². The van der Waals surface area contributed by atoms with Gasteiger partial charge in [-0.15, -0.1) is 0 Å². The largest absolute Gasteiger partial charge is 0.455 e. The van der Waals surface area contributed by atoms with E-state index in [2.05, 4.69) is 172 Å². The summed E-state index contributed by atoms with van der Waals surface area (Å²) < 4.78 is 7.26. The summed E-state index contributed by atoms with van der Waals surface area (Å²) in [5.74, 6) is 1.99. The molecule has 98 heavy (non-hydrogen) atoms. The van der Waals surface area contributed by atoms with Gasteiger partial charge in [0.15, 0.2) is 17.3 Å². The SMILES string of the molecule is CC1(C)c2cccc(P(c3ccccc3)c3ccccc3)c2Oc2c(P(c3ccccc3)c3ccccc3)cccc21.O=C(/C=C/c1ccccc1)/C=C/c1ccccc1.O=C(/C=C/c1ccccc1)/C=C/c1ccccc1.O=C(/C=C/c1ccccc1)/C=C/c1ccccc1.[Pd].[Pd]. The second-order valence-electron chi connectivity index (χ2n) is 22.7. The molecule has 0 N–H and O–H groups in total. The Bertz CT molecular complexity index is 3970. The Morgan fingerprint density at radius 2 is 0.439 bits per heavy atom. The van der Waals surface area contributed by atoms with E-state index in [9.17, 15) is 14.4 Å². The molecule has 488 valence electrons. The van der Waals surface area contributed by atoms with Crippen LogP contribution in [0.4, 0.5) is 0 Å². The minimum Gasteiger partial charge on any atom is -0.455 e. The first-order chi connectivity index (χ1) is 47.2. The molecule has 0 spiro atoms. The zero-order valence-electron chi connectivity index (χ0n) is 54.4. The minimum atomic E-state index is -0.824. The van der Waals surface area contributed by atoms with E-state index in [-0.39, 0.29) is 63.6 Å². The van der Waals surface area contributed by atoms with Gasteiger partial charge >= 0.3 is 0 Å². The second kappa shape index (κ2) is 39.3. The summed E-state index contributed by atoms with van der Waals surface area (Å²) in [5, 5.41) is 7.81. The number of ketones is 3. The Balaban J connectivity index is 0.000000183. The molecule has 0 aromatic heterocycles. The van der Waals surface area contributed by atoms with Crippen LogP contribution in [0, 0.1) is 0 Å². The third-order valence-corrected chi connectivity index (χ3v) is 20.4. The maximum Gasteiger partial charge on any atom is 0.178 e. The molecule has 0 saturated heterocycles. The number of carbonyl (C=O) groups excluding carboxylic acids is 3. The molecule has 1 aliphatic rings. The molecule has 0 radical (unpaired) electrons. The van der Waals surface area contributed by atoms with E-state index < -0.39 is 15.8 Å². The van der Waals surface area contributed by atoms with Gasteiger partial charge < -0.3 is 4.74 Å². The first kappa shape index (κ1) is 73.9. The average Bonchev–Trinajstić information content (AvgIpc) is 0.726. The molecule has 0 amide bonds. The maximum absolute atomic E-state index is 11.6. The summed E-state index contributed by atoms with van der Waals surface area (Å²) in [4.78, 5) is 34.8. The zero-order chi connectivity index (χ0) is 66.4. The van der Waals surface area contributed by atoms with Gasteiger partial charge in [-0.2, -0.15) is 0 Å². The molecule has 0 saturated carbocycles. The predicted molar refractivity (Wildman–Crippen MR) is 410 cm³/mol. The fourth-order valence-electron chi connectivity index (χ4n) is 10.6. The van der Waals surface area contributed by atoms with Crippen molar-refractivity contribution in [1.82, 2.24) is 0 Å². The summed E-state index contributed by atoms with van der Waals surface area (Å²) in [6, 6.07) is 116. The summed E-state index contributed by atoms with van der Waals surface area (Å²) in [6.45, 7) is 4.70. The molecule has 12 aromatic carbocycles. The topological polar surface area (TPSA) is 60.4 Å². The van der Waals surface area contributed by atoms with E-state index in [0.29, 0.717) is 0 Å². The van der Waals surface area contributed by atoms with Crippen molar-refractivity contribution >= 4 is 101 Å². The fourth-order valence-corrected chi connectivity index (χ4v) is 15.4. The van der Waals surface area contributed by atoms with Crippen LogP contribution in [-0.2, 0) is 60.6 Å². The van der Waals surface area contributed by atoms with E-state index >= 15 is 0 Å². The maximum atomic E-state index is 11.6. The number of para-hydroxylation sites is 2. The molecule has 4 nitrogen and oxygen atoms in total. The number of rotatable bonds is 18. The van der Waals surface area contributed by atoms with E-state index in [1.165, 1.54) is 43.0 Å². The number of ether oxygens (including phenoxy) is 1. The predicted octanol–water partition coefficient (Wildman–Crippen LogP) is 19.6. The van der Waals surface area contributed by atoms with E-state index in [1.807, 2.05) is 218 Å². The molecular weight excluding hydrogens is 1420 g/mol. The van der Waals surface area contributed by atoms with Gasteiger partial charge in [-0.25, -0.2) is 0 Å². The molecule has 1 aliphatic heterocycles. The van der Waals surface area contributed by atoms with Crippen LogP contribution in [0.25, 0.3) is 36.5 Å². The quantitative estimate of drug-likeness (QED) is 0.0488. The van der Waals surface area contributed by atoms with Gasteiger partial charge in [0.2, 0.25) is 0 Å². The first-order valence-electron chi connectivity index (χ1n) is 31.9. The van der Waals surface area contributed by atoms with Gasteiger partial charge in [-0.05, 0) is 107 Å². The number of hydrogen-bond donors (Lipinski definition) is 0. The molecule has 0 unspecified atom stereocenters. The van der Waals surface area contributed by atoms with Crippen molar-refractivity contribution in [3.8, 4) is 11.5 Å². The van der Waals surface area contributed by atoms with Crippen molar-refractivity contribution in [2.45, 2.75) is 19.3 Å². The molecule has 0 aliphatic carbocycles. The Morgan fingerprint density at radius 3 is 0.633 bits per heavy atom. The molecule has 13 rings (SSSR count). The van der Waals surface area contributed by atoms with Crippen LogP contribution in [0.3, 0.4) is 0 Å². The first-order valence-corrected chi connectivity index (χ1v) is 34.6. The molecule has 0 fully saturated rings. The summed E-state index contributed by atoms with van der Waals surface area (Å²) in [6.07, 6.45) is 20.4. The standard InChI is InChI=1S/C39H32OP2.3C17H14O.2Pd/c1-39(2)33-25-15-27-35(41(29-17-7-3-8-18-29)30-19-9-4-10-20-30)37(33)40-38-34(39)26-16-28-36(38)42(31-21-11-5-12-22-31)32-23-13-6-14-24-32;3*18-17(13-11-15-7-3-1-4-8-15)14-12-16-9-5-2-6-10-16;;/h3-28H,1-2H3;3*1-14H;;/b;3*13-11+,14-12+;;. The number of fused-ring (bicyclic) bond motifs is 2. The normalized spacial score (nSPS) is 11.8. The van der Waals surface area contributed by atoms with Crippen molar-refractivity contribution in [3.63, 3.8) is 0 Å². The van der Waals surface area contributed by atoms with Gasteiger partial charge in [-0.3, -0.25) is 14.4 Å². The van der Waals surface area contributed by atoms with Crippen LogP contribution in [-0.4, -0.2) is 17.3 Å². The van der Waals surface area contributed by atoms with E-state index in [1.54, 1.807) is 36.5 Å². The molecule has 0 bridgehead atoms. The van der Waals surface area contributed by atoms with Crippen LogP contribution in [0.5, 0.6) is 11.5 Å². The van der Waals surface area contributed by atoms with Gasteiger partial charge in [0, 0.05) is 68.0 Å². The van der Waals surface area contributed by atoms with Crippen molar-refractivity contribution in [2.24, 2.45) is 0 Å².